The van der Waals surface area contributed by atoms with Gasteiger partial charge in [-0.25, -0.2) is 8.78 Å². The molecule has 98 valence electrons. The highest BCUT2D eigenvalue weighted by Gasteiger charge is 2.24. The van der Waals surface area contributed by atoms with Crippen molar-refractivity contribution in [1.29, 1.82) is 0 Å². The summed E-state index contributed by atoms with van der Waals surface area (Å²) in [7, 11) is 0. The quantitative estimate of drug-likeness (QED) is 0.898. The van der Waals surface area contributed by atoms with Gasteiger partial charge in [0, 0.05) is 13.5 Å². The molecule has 0 aliphatic rings. The molecule has 0 radical (unpaired) electrons. The summed E-state index contributed by atoms with van der Waals surface area (Å²) in [5.41, 5.74) is -0.516. The van der Waals surface area contributed by atoms with Crippen LogP contribution in [0, 0.1) is 17.6 Å². The Balaban J connectivity index is 3.13. The first-order valence-corrected chi connectivity index (χ1v) is 5.29. The summed E-state index contributed by atoms with van der Waals surface area (Å²) in [4.78, 5) is 22.9. The van der Waals surface area contributed by atoms with Gasteiger partial charge in [-0.05, 0) is 12.1 Å². The highest BCUT2D eigenvalue weighted by molar-refractivity contribution is 5.92. The van der Waals surface area contributed by atoms with Gasteiger partial charge < -0.3 is 10.0 Å². The monoisotopic (exact) mass is 257 g/mol. The van der Waals surface area contributed by atoms with Crippen LogP contribution in [-0.4, -0.2) is 23.5 Å². The molecular weight excluding hydrogens is 244 g/mol. The van der Waals surface area contributed by atoms with Gasteiger partial charge in [0.15, 0.2) is 0 Å². The largest absolute Gasteiger partial charge is 0.481 e. The SMILES string of the molecule is CC(=O)N(CC(C)C(=O)O)c1c(F)cccc1F. The highest BCUT2D eigenvalue weighted by Crippen LogP contribution is 2.24. The summed E-state index contributed by atoms with van der Waals surface area (Å²) >= 11 is 0. The summed E-state index contributed by atoms with van der Waals surface area (Å²) in [6, 6.07) is 3.20. The first kappa shape index (κ1) is 14.1. The molecule has 1 N–H and O–H groups in total. The van der Waals surface area contributed by atoms with Crippen molar-refractivity contribution in [3.05, 3.63) is 29.8 Å². The maximum atomic E-state index is 13.5. The van der Waals surface area contributed by atoms with E-state index in [2.05, 4.69) is 0 Å². The lowest BCUT2D eigenvalue weighted by molar-refractivity contribution is -0.140. The topological polar surface area (TPSA) is 57.6 Å². The molecule has 0 aliphatic carbocycles. The van der Waals surface area contributed by atoms with E-state index in [0.717, 1.165) is 24.0 Å². The number of aliphatic carboxylic acids is 1. The molecule has 1 aromatic carbocycles. The van der Waals surface area contributed by atoms with Crippen molar-refractivity contribution < 1.29 is 23.5 Å². The van der Waals surface area contributed by atoms with Crippen molar-refractivity contribution in [3.8, 4) is 0 Å². The van der Waals surface area contributed by atoms with E-state index < -0.39 is 35.1 Å². The molecule has 4 nitrogen and oxygen atoms in total. The fraction of sp³-hybridized carbons (Fsp3) is 0.333. The number of carboxylic acids is 1. The number of hydrogen-bond donors (Lipinski definition) is 1. The van der Waals surface area contributed by atoms with Crippen LogP contribution in [0.5, 0.6) is 0 Å². The number of benzene rings is 1. The molecule has 1 rings (SSSR count). The molecular formula is C12H13F2NO3. The molecule has 0 heterocycles. The molecule has 0 fully saturated rings. The van der Waals surface area contributed by atoms with E-state index in [9.17, 15) is 18.4 Å². The first-order chi connectivity index (χ1) is 8.34. The fourth-order valence-corrected chi connectivity index (χ4v) is 1.48. The van der Waals surface area contributed by atoms with E-state index in [1.54, 1.807) is 0 Å². The number of carbonyl (C=O) groups is 2. The van der Waals surface area contributed by atoms with Crippen molar-refractivity contribution in [3.63, 3.8) is 0 Å². The zero-order chi connectivity index (χ0) is 13.9. The molecule has 0 saturated heterocycles. The van der Waals surface area contributed by atoms with Gasteiger partial charge in [0.05, 0.1) is 5.92 Å². The Bertz CT molecular complexity index is 456. The van der Waals surface area contributed by atoms with Gasteiger partial charge in [0.1, 0.15) is 17.3 Å². The van der Waals surface area contributed by atoms with Crippen LogP contribution >= 0.6 is 0 Å². The van der Waals surface area contributed by atoms with Gasteiger partial charge in [-0.3, -0.25) is 9.59 Å². The second kappa shape index (κ2) is 5.57. The normalized spacial score (nSPS) is 12.0. The Morgan fingerprint density at radius 2 is 1.83 bits per heavy atom. The molecule has 1 unspecified atom stereocenters. The van der Waals surface area contributed by atoms with Gasteiger partial charge in [-0.15, -0.1) is 0 Å². The number of halogens is 2. The third-order valence-corrected chi connectivity index (χ3v) is 2.47. The van der Waals surface area contributed by atoms with Crippen LogP contribution in [-0.2, 0) is 9.59 Å². The lowest BCUT2D eigenvalue weighted by Crippen LogP contribution is -2.36. The van der Waals surface area contributed by atoms with Crippen LogP contribution in [0.1, 0.15) is 13.8 Å². The molecule has 0 bridgehead atoms. The number of amides is 1. The van der Waals surface area contributed by atoms with Crippen LogP contribution < -0.4 is 4.90 Å². The first-order valence-electron chi connectivity index (χ1n) is 5.29. The number of rotatable bonds is 4. The van der Waals surface area contributed by atoms with Crippen molar-refractivity contribution in [2.24, 2.45) is 5.92 Å². The van der Waals surface area contributed by atoms with E-state index >= 15 is 0 Å². The third-order valence-electron chi connectivity index (χ3n) is 2.47. The average Bonchev–Trinajstić information content (AvgIpc) is 2.26. The summed E-state index contributed by atoms with van der Waals surface area (Å²) in [5.74, 6) is -4.48. The van der Waals surface area contributed by atoms with E-state index in [0.29, 0.717) is 0 Å². The Kier molecular flexibility index (Phi) is 4.36. The number of nitrogens with zero attached hydrogens (tertiary/aromatic N) is 1. The van der Waals surface area contributed by atoms with E-state index in [-0.39, 0.29) is 6.54 Å². The lowest BCUT2D eigenvalue weighted by Gasteiger charge is -2.24. The van der Waals surface area contributed by atoms with Gasteiger partial charge in [-0.2, -0.15) is 0 Å². The minimum Gasteiger partial charge on any atom is -0.481 e. The number of para-hydroxylation sites is 1. The third kappa shape index (κ3) is 3.03. The predicted molar refractivity (Wildman–Crippen MR) is 61.2 cm³/mol. The van der Waals surface area contributed by atoms with Crippen LogP contribution in [0.2, 0.25) is 0 Å². The van der Waals surface area contributed by atoms with Gasteiger partial charge >= 0.3 is 5.97 Å². The predicted octanol–water partition coefficient (Wildman–Crippen LogP) is 2.04. The number of carboxylic acid groups (broad SMARTS) is 1. The van der Waals surface area contributed by atoms with E-state index in [4.69, 9.17) is 5.11 Å². The van der Waals surface area contributed by atoms with Crippen molar-refractivity contribution in [1.82, 2.24) is 0 Å². The summed E-state index contributed by atoms with van der Waals surface area (Å²) in [5, 5.41) is 8.77. The maximum Gasteiger partial charge on any atom is 0.308 e. The zero-order valence-electron chi connectivity index (χ0n) is 9.98. The minimum atomic E-state index is -1.14. The molecule has 1 amide bonds. The fourth-order valence-electron chi connectivity index (χ4n) is 1.48. The van der Waals surface area contributed by atoms with Crippen LogP contribution in [0.3, 0.4) is 0 Å². The Morgan fingerprint density at radius 1 is 1.33 bits per heavy atom. The molecule has 1 atom stereocenters. The summed E-state index contributed by atoms with van der Waals surface area (Å²) < 4.78 is 27.1. The molecule has 0 saturated carbocycles. The lowest BCUT2D eigenvalue weighted by atomic mass is 10.1. The zero-order valence-corrected chi connectivity index (χ0v) is 9.98. The molecule has 18 heavy (non-hydrogen) atoms. The molecule has 0 aromatic heterocycles. The number of anilines is 1. The Morgan fingerprint density at radius 3 is 2.22 bits per heavy atom. The van der Waals surface area contributed by atoms with Gasteiger partial charge in [0.25, 0.3) is 0 Å². The standard InChI is InChI=1S/C12H13F2NO3/c1-7(12(17)18)6-15(8(2)16)11-9(13)4-3-5-10(11)14/h3-5,7H,6H2,1-2H3,(H,17,18). The van der Waals surface area contributed by atoms with Crippen molar-refractivity contribution in [2.45, 2.75) is 13.8 Å². The molecule has 0 spiro atoms. The average molecular weight is 257 g/mol. The summed E-state index contributed by atoms with van der Waals surface area (Å²) in [6.45, 7) is 2.19. The highest BCUT2D eigenvalue weighted by atomic mass is 19.1. The summed E-state index contributed by atoms with van der Waals surface area (Å²) in [6.07, 6.45) is 0. The second-order valence-electron chi connectivity index (χ2n) is 3.94. The minimum absolute atomic E-state index is 0.289. The number of carbonyl (C=O) groups excluding carboxylic acids is 1. The van der Waals surface area contributed by atoms with Crippen molar-refractivity contribution in [2.75, 3.05) is 11.4 Å². The van der Waals surface area contributed by atoms with E-state index in [1.807, 2.05) is 0 Å². The van der Waals surface area contributed by atoms with Gasteiger partial charge in [-0.1, -0.05) is 13.0 Å². The van der Waals surface area contributed by atoms with Gasteiger partial charge in [0.2, 0.25) is 5.91 Å². The van der Waals surface area contributed by atoms with Crippen LogP contribution in [0.15, 0.2) is 18.2 Å². The van der Waals surface area contributed by atoms with E-state index in [1.165, 1.54) is 13.0 Å². The smallest absolute Gasteiger partial charge is 0.308 e. The maximum absolute atomic E-state index is 13.5. The second-order valence-corrected chi connectivity index (χ2v) is 3.94. The molecule has 6 heteroatoms. The van der Waals surface area contributed by atoms with Crippen LogP contribution in [0.25, 0.3) is 0 Å². The molecule has 0 aliphatic heterocycles. The number of hydrogen-bond acceptors (Lipinski definition) is 2. The molecule has 1 aromatic rings. The Labute approximate surface area is 103 Å². The Hall–Kier alpha value is -1.98. The van der Waals surface area contributed by atoms with Crippen LogP contribution in [0.4, 0.5) is 14.5 Å². The van der Waals surface area contributed by atoms with Crippen molar-refractivity contribution >= 4 is 17.6 Å².